The van der Waals surface area contributed by atoms with E-state index in [1.165, 1.54) is 0 Å². The maximum absolute atomic E-state index is 12.4. The molecule has 2 amide bonds. The minimum absolute atomic E-state index is 0.00333. The van der Waals surface area contributed by atoms with Gasteiger partial charge < -0.3 is 20.7 Å². The molecule has 2 fully saturated rings. The summed E-state index contributed by atoms with van der Waals surface area (Å²) in [6.45, 7) is 1.82. The molecule has 0 aromatic rings. The Bertz CT molecular complexity index is 310. The lowest BCUT2D eigenvalue weighted by Gasteiger charge is -2.33. The lowest BCUT2D eigenvalue weighted by molar-refractivity contribution is -0.149. The van der Waals surface area contributed by atoms with Gasteiger partial charge in [0.15, 0.2) is 0 Å². The Morgan fingerprint density at radius 3 is 2.61 bits per heavy atom. The Morgan fingerprint density at radius 1 is 1.33 bits per heavy atom. The van der Waals surface area contributed by atoms with Crippen LogP contribution in [0.1, 0.15) is 25.7 Å². The molecule has 1 aliphatic heterocycles. The molecule has 1 saturated heterocycles. The summed E-state index contributed by atoms with van der Waals surface area (Å²) < 4.78 is 5.46. The number of carbonyl (C=O) groups is 2. The molecular weight excluding hydrogens is 234 g/mol. The second-order valence-corrected chi connectivity index (χ2v) is 4.93. The van der Waals surface area contributed by atoms with Crippen molar-refractivity contribution in [3.8, 4) is 0 Å². The monoisotopic (exact) mass is 255 g/mol. The highest BCUT2D eigenvalue weighted by Crippen LogP contribution is 2.24. The maximum atomic E-state index is 12.4. The maximum Gasteiger partial charge on any atom is 0.253 e. The fraction of sp³-hybridized carbons (Fsp3) is 0.833. The predicted octanol–water partition coefficient (Wildman–Crippen LogP) is -0.769. The van der Waals surface area contributed by atoms with Crippen LogP contribution in [0, 0.1) is 0 Å². The lowest BCUT2D eigenvalue weighted by atomic mass is 10.1. The Morgan fingerprint density at radius 2 is 2.06 bits per heavy atom. The molecule has 1 saturated carbocycles. The second-order valence-electron chi connectivity index (χ2n) is 4.93. The predicted molar refractivity (Wildman–Crippen MR) is 65.8 cm³/mol. The van der Waals surface area contributed by atoms with Gasteiger partial charge in [-0.2, -0.15) is 0 Å². The van der Waals surface area contributed by atoms with Crippen molar-refractivity contribution in [1.29, 1.82) is 0 Å². The van der Waals surface area contributed by atoms with Gasteiger partial charge in [0.25, 0.3) is 5.91 Å². The number of hydrogen-bond donors (Lipinski definition) is 2. The van der Waals surface area contributed by atoms with Gasteiger partial charge in [-0.15, -0.1) is 0 Å². The summed E-state index contributed by atoms with van der Waals surface area (Å²) in [5.74, 6) is -0.563. The minimum atomic E-state index is -0.473. The fourth-order valence-corrected chi connectivity index (χ4v) is 2.68. The SMILES string of the molecule is NC(=O)CN(C(=O)C1CNCCO1)C1CCCC1. The third kappa shape index (κ3) is 3.20. The molecule has 0 radical (unpaired) electrons. The van der Waals surface area contributed by atoms with Gasteiger partial charge in [0.1, 0.15) is 6.10 Å². The smallest absolute Gasteiger partial charge is 0.253 e. The zero-order valence-electron chi connectivity index (χ0n) is 10.6. The summed E-state index contributed by atoms with van der Waals surface area (Å²) >= 11 is 0. The Kier molecular flexibility index (Phi) is 4.54. The molecule has 102 valence electrons. The third-order valence-electron chi connectivity index (χ3n) is 3.58. The molecule has 6 heteroatoms. The van der Waals surface area contributed by atoms with Crippen LogP contribution in [0.15, 0.2) is 0 Å². The van der Waals surface area contributed by atoms with Crippen LogP contribution < -0.4 is 11.1 Å². The number of rotatable bonds is 4. The quantitative estimate of drug-likeness (QED) is 0.691. The summed E-state index contributed by atoms with van der Waals surface area (Å²) in [6.07, 6.45) is 3.66. The highest BCUT2D eigenvalue weighted by molar-refractivity contribution is 5.86. The molecule has 3 N–H and O–H groups in total. The second kappa shape index (κ2) is 6.15. The van der Waals surface area contributed by atoms with Crippen LogP contribution in [0.25, 0.3) is 0 Å². The van der Waals surface area contributed by atoms with Gasteiger partial charge in [-0.3, -0.25) is 9.59 Å². The first-order valence-corrected chi connectivity index (χ1v) is 6.59. The van der Waals surface area contributed by atoms with E-state index in [-0.39, 0.29) is 18.5 Å². The Hall–Kier alpha value is -1.14. The number of nitrogens with two attached hydrogens (primary N) is 1. The molecule has 1 heterocycles. The van der Waals surface area contributed by atoms with Crippen LogP contribution in [-0.4, -0.2) is 55.1 Å². The van der Waals surface area contributed by atoms with Gasteiger partial charge in [-0.05, 0) is 12.8 Å². The zero-order valence-corrected chi connectivity index (χ0v) is 10.6. The molecule has 2 aliphatic rings. The topological polar surface area (TPSA) is 84.7 Å². The van der Waals surface area contributed by atoms with E-state index in [1.807, 2.05) is 0 Å². The number of amides is 2. The van der Waals surface area contributed by atoms with Gasteiger partial charge in [0, 0.05) is 19.1 Å². The third-order valence-corrected chi connectivity index (χ3v) is 3.58. The van der Waals surface area contributed by atoms with Crippen molar-refractivity contribution in [1.82, 2.24) is 10.2 Å². The van der Waals surface area contributed by atoms with Crippen molar-refractivity contribution in [3.63, 3.8) is 0 Å². The number of carbonyl (C=O) groups excluding carboxylic acids is 2. The molecule has 0 aromatic heterocycles. The molecule has 2 rings (SSSR count). The van der Waals surface area contributed by atoms with E-state index in [0.717, 1.165) is 32.2 Å². The van der Waals surface area contributed by atoms with Crippen molar-refractivity contribution in [2.75, 3.05) is 26.2 Å². The molecule has 1 atom stereocenters. The van der Waals surface area contributed by atoms with E-state index in [4.69, 9.17) is 10.5 Å². The zero-order chi connectivity index (χ0) is 13.0. The summed E-state index contributed by atoms with van der Waals surface area (Å²) in [6, 6.07) is 0.149. The summed E-state index contributed by atoms with van der Waals surface area (Å²) in [5, 5.41) is 3.13. The molecule has 0 bridgehead atoms. The number of nitrogens with zero attached hydrogens (tertiary/aromatic N) is 1. The molecule has 0 aromatic carbocycles. The average Bonchev–Trinajstić information content (AvgIpc) is 2.89. The van der Waals surface area contributed by atoms with Crippen LogP contribution in [0.4, 0.5) is 0 Å². The van der Waals surface area contributed by atoms with Crippen LogP contribution in [0.3, 0.4) is 0 Å². The van der Waals surface area contributed by atoms with E-state index >= 15 is 0 Å². The van der Waals surface area contributed by atoms with E-state index in [0.29, 0.717) is 13.2 Å². The highest BCUT2D eigenvalue weighted by atomic mass is 16.5. The van der Waals surface area contributed by atoms with Gasteiger partial charge in [-0.25, -0.2) is 0 Å². The van der Waals surface area contributed by atoms with Crippen molar-refractivity contribution < 1.29 is 14.3 Å². The van der Waals surface area contributed by atoms with Crippen molar-refractivity contribution >= 4 is 11.8 Å². The standard InChI is InChI=1S/C12H21N3O3/c13-11(16)8-15(9-3-1-2-4-9)12(17)10-7-14-5-6-18-10/h9-10,14H,1-8H2,(H2,13,16). The summed E-state index contributed by atoms with van der Waals surface area (Å²) in [7, 11) is 0. The number of morpholine rings is 1. The van der Waals surface area contributed by atoms with Gasteiger partial charge in [0.2, 0.25) is 5.91 Å². The summed E-state index contributed by atoms with van der Waals surface area (Å²) in [4.78, 5) is 25.1. The van der Waals surface area contributed by atoms with Crippen molar-refractivity contribution in [3.05, 3.63) is 0 Å². The number of primary amides is 1. The fourth-order valence-electron chi connectivity index (χ4n) is 2.68. The first-order valence-electron chi connectivity index (χ1n) is 6.59. The number of ether oxygens (including phenoxy) is 1. The van der Waals surface area contributed by atoms with Crippen LogP contribution >= 0.6 is 0 Å². The largest absolute Gasteiger partial charge is 0.368 e. The number of nitrogens with one attached hydrogen (secondary N) is 1. The first kappa shape index (κ1) is 13.3. The van der Waals surface area contributed by atoms with Gasteiger partial charge >= 0.3 is 0 Å². The molecular formula is C12H21N3O3. The normalized spacial score (nSPS) is 25.0. The molecule has 1 aliphatic carbocycles. The molecule has 18 heavy (non-hydrogen) atoms. The van der Waals surface area contributed by atoms with E-state index in [9.17, 15) is 9.59 Å². The van der Waals surface area contributed by atoms with Gasteiger partial charge in [0.05, 0.1) is 13.2 Å². The molecule has 0 spiro atoms. The van der Waals surface area contributed by atoms with Gasteiger partial charge in [-0.1, -0.05) is 12.8 Å². The lowest BCUT2D eigenvalue weighted by Crippen LogP contribution is -2.53. The molecule has 1 unspecified atom stereocenters. The van der Waals surface area contributed by atoms with Crippen molar-refractivity contribution in [2.24, 2.45) is 5.73 Å². The highest BCUT2D eigenvalue weighted by Gasteiger charge is 2.33. The van der Waals surface area contributed by atoms with E-state index < -0.39 is 12.0 Å². The minimum Gasteiger partial charge on any atom is -0.368 e. The Labute approximate surface area is 107 Å². The number of hydrogen-bond acceptors (Lipinski definition) is 4. The van der Waals surface area contributed by atoms with E-state index in [1.54, 1.807) is 4.90 Å². The average molecular weight is 255 g/mol. The van der Waals surface area contributed by atoms with Crippen LogP contribution in [0.2, 0.25) is 0 Å². The Balaban J connectivity index is 2.01. The summed E-state index contributed by atoms with van der Waals surface area (Å²) in [5.41, 5.74) is 5.24. The molecule has 6 nitrogen and oxygen atoms in total. The first-order chi connectivity index (χ1) is 8.68. The van der Waals surface area contributed by atoms with Crippen LogP contribution in [-0.2, 0) is 14.3 Å². The van der Waals surface area contributed by atoms with E-state index in [2.05, 4.69) is 5.32 Å². The van der Waals surface area contributed by atoms with Crippen LogP contribution in [0.5, 0.6) is 0 Å². The van der Waals surface area contributed by atoms with Crippen molar-refractivity contribution in [2.45, 2.75) is 37.8 Å².